The third-order valence-electron chi connectivity index (χ3n) is 4.92. The summed E-state index contributed by atoms with van der Waals surface area (Å²) in [6, 6.07) is 20.1. The monoisotopic (exact) mass is 493 g/mol. The first-order valence-corrected chi connectivity index (χ1v) is 11.7. The van der Waals surface area contributed by atoms with E-state index in [1.807, 2.05) is 30.3 Å². The van der Waals surface area contributed by atoms with Crippen LogP contribution in [0.5, 0.6) is 11.5 Å². The van der Waals surface area contributed by atoms with E-state index in [9.17, 15) is 14.0 Å². The summed E-state index contributed by atoms with van der Waals surface area (Å²) in [5, 5.41) is 0. The molecule has 1 aliphatic heterocycles. The van der Waals surface area contributed by atoms with E-state index in [0.717, 1.165) is 5.56 Å². The number of carbonyl (C=O) groups is 2. The van der Waals surface area contributed by atoms with Gasteiger partial charge in [-0.1, -0.05) is 72.5 Å². The Balaban J connectivity index is 1.55. The Bertz CT molecular complexity index is 1280. The zero-order valence-electron chi connectivity index (χ0n) is 18.2. The van der Waals surface area contributed by atoms with Crippen LogP contribution in [-0.2, 0) is 11.3 Å². The molecule has 0 radical (unpaired) electrons. The molecule has 8 heteroatoms. The Kier molecular flexibility index (Phi) is 7.40. The highest BCUT2D eigenvalue weighted by molar-refractivity contribution is 8.26. The lowest BCUT2D eigenvalue weighted by molar-refractivity contribution is -0.122. The Morgan fingerprint density at radius 3 is 2.53 bits per heavy atom. The van der Waals surface area contributed by atoms with Crippen LogP contribution >= 0.6 is 24.0 Å². The van der Waals surface area contributed by atoms with E-state index in [1.165, 1.54) is 30.0 Å². The quantitative estimate of drug-likeness (QED) is 0.178. The summed E-state index contributed by atoms with van der Waals surface area (Å²) in [4.78, 5) is 27.4. The molecule has 3 aromatic carbocycles. The van der Waals surface area contributed by atoms with Crippen LogP contribution in [0.25, 0.3) is 6.08 Å². The molecule has 3 aromatic rings. The zero-order valence-corrected chi connectivity index (χ0v) is 19.8. The normalized spacial score (nSPS) is 14.5. The maximum atomic E-state index is 13.9. The van der Waals surface area contributed by atoms with Crippen molar-refractivity contribution in [1.82, 2.24) is 4.90 Å². The Hall–Kier alpha value is -3.49. The van der Waals surface area contributed by atoms with Gasteiger partial charge in [-0.2, -0.15) is 0 Å². The minimum absolute atomic E-state index is 0.156. The molecule has 5 nitrogen and oxygen atoms in total. The van der Waals surface area contributed by atoms with Gasteiger partial charge in [0.25, 0.3) is 5.91 Å². The van der Waals surface area contributed by atoms with Crippen molar-refractivity contribution in [2.75, 3.05) is 6.61 Å². The summed E-state index contributed by atoms with van der Waals surface area (Å²) in [5.74, 6) is -1.20. The average Bonchev–Trinajstić information content (AvgIpc) is 3.09. The van der Waals surface area contributed by atoms with Gasteiger partial charge in [0.1, 0.15) is 10.1 Å². The number of thioether (sulfide) groups is 1. The van der Waals surface area contributed by atoms with Gasteiger partial charge in [0.05, 0.1) is 23.6 Å². The van der Waals surface area contributed by atoms with Crippen LogP contribution in [0.1, 0.15) is 28.4 Å². The van der Waals surface area contributed by atoms with Gasteiger partial charge in [-0.3, -0.25) is 9.69 Å². The number of halogens is 1. The maximum Gasteiger partial charge on any atom is 0.346 e. The smallest absolute Gasteiger partial charge is 0.346 e. The van der Waals surface area contributed by atoms with E-state index in [-0.39, 0.29) is 17.2 Å². The summed E-state index contributed by atoms with van der Waals surface area (Å²) >= 11 is 6.65. The molecule has 4 rings (SSSR count). The number of hydrogen-bond acceptors (Lipinski definition) is 6. The maximum absolute atomic E-state index is 13.9. The highest BCUT2D eigenvalue weighted by Gasteiger charge is 2.32. The van der Waals surface area contributed by atoms with Crippen molar-refractivity contribution in [3.8, 4) is 11.5 Å². The second kappa shape index (κ2) is 10.6. The Morgan fingerprint density at radius 2 is 1.79 bits per heavy atom. The summed E-state index contributed by atoms with van der Waals surface area (Å²) in [6.45, 7) is 2.52. The van der Waals surface area contributed by atoms with Crippen LogP contribution in [0.4, 0.5) is 4.39 Å². The number of thiocarbonyl (C=S) groups is 1. The molecule has 1 aliphatic rings. The molecule has 1 saturated heterocycles. The van der Waals surface area contributed by atoms with Gasteiger partial charge in [0.15, 0.2) is 11.5 Å². The molecular weight excluding hydrogens is 473 g/mol. The first kappa shape index (κ1) is 23.7. The Morgan fingerprint density at radius 1 is 1.06 bits per heavy atom. The fraction of sp³-hybridized carbons (Fsp3) is 0.115. The largest absolute Gasteiger partial charge is 0.490 e. The van der Waals surface area contributed by atoms with Crippen molar-refractivity contribution in [3.63, 3.8) is 0 Å². The lowest BCUT2D eigenvalue weighted by atomic mass is 10.1. The summed E-state index contributed by atoms with van der Waals surface area (Å²) in [7, 11) is 0. The van der Waals surface area contributed by atoms with E-state index in [1.54, 1.807) is 42.2 Å². The molecule has 0 bridgehead atoms. The van der Waals surface area contributed by atoms with Crippen molar-refractivity contribution in [1.29, 1.82) is 0 Å². The number of rotatable bonds is 7. The van der Waals surface area contributed by atoms with Crippen LogP contribution < -0.4 is 9.47 Å². The molecular formula is C26H20FNO4S2. The number of esters is 1. The van der Waals surface area contributed by atoms with E-state index >= 15 is 0 Å². The number of amides is 1. The summed E-state index contributed by atoms with van der Waals surface area (Å²) in [6.07, 6.45) is 1.72. The van der Waals surface area contributed by atoms with Crippen LogP contribution in [0, 0.1) is 5.82 Å². The van der Waals surface area contributed by atoms with Crippen LogP contribution in [0.3, 0.4) is 0 Å². The number of benzene rings is 3. The Labute approximate surface area is 206 Å². The van der Waals surface area contributed by atoms with E-state index in [0.29, 0.717) is 33.7 Å². The standard InChI is InChI=1S/C26H20FNO4S2/c1-2-31-22-14-18(12-13-21(22)32-25(30)19-10-6-7-11-20(19)27)15-23-24(29)28(26(33)34-23)16-17-8-4-3-5-9-17/h3-15H,2,16H2,1H3. The third-order valence-corrected chi connectivity index (χ3v) is 6.30. The fourth-order valence-electron chi connectivity index (χ4n) is 3.30. The predicted octanol–water partition coefficient (Wildman–Crippen LogP) is 5.85. The molecule has 0 saturated carbocycles. The molecule has 0 unspecified atom stereocenters. The van der Waals surface area contributed by atoms with Crippen molar-refractivity contribution in [3.05, 3.63) is 100 Å². The van der Waals surface area contributed by atoms with Gasteiger partial charge in [-0.05, 0) is 48.4 Å². The van der Waals surface area contributed by atoms with E-state index in [4.69, 9.17) is 21.7 Å². The first-order valence-electron chi connectivity index (χ1n) is 10.5. The van der Waals surface area contributed by atoms with Gasteiger partial charge < -0.3 is 9.47 Å². The molecule has 34 heavy (non-hydrogen) atoms. The SMILES string of the molecule is CCOc1cc(C=C2SC(=S)N(Cc3ccccc3)C2=O)ccc1OC(=O)c1ccccc1F. The van der Waals surface area contributed by atoms with Gasteiger partial charge >= 0.3 is 5.97 Å². The van der Waals surface area contributed by atoms with Gasteiger partial charge in [0, 0.05) is 0 Å². The van der Waals surface area contributed by atoms with Crippen LogP contribution in [0.2, 0.25) is 0 Å². The van der Waals surface area contributed by atoms with Crippen molar-refractivity contribution in [2.24, 2.45) is 0 Å². The van der Waals surface area contributed by atoms with Gasteiger partial charge in [-0.25, -0.2) is 9.18 Å². The lowest BCUT2D eigenvalue weighted by Crippen LogP contribution is -2.27. The average molecular weight is 494 g/mol. The molecule has 0 aliphatic carbocycles. The number of carbonyl (C=O) groups excluding carboxylic acids is 2. The van der Waals surface area contributed by atoms with E-state index in [2.05, 4.69) is 0 Å². The predicted molar refractivity (Wildman–Crippen MR) is 134 cm³/mol. The van der Waals surface area contributed by atoms with Crippen molar-refractivity contribution >= 4 is 46.3 Å². The lowest BCUT2D eigenvalue weighted by Gasteiger charge is -2.14. The number of ether oxygens (including phenoxy) is 2. The molecule has 1 heterocycles. The molecule has 1 amide bonds. The van der Waals surface area contributed by atoms with Gasteiger partial charge in [0.2, 0.25) is 0 Å². The molecule has 0 aromatic heterocycles. The van der Waals surface area contributed by atoms with Crippen LogP contribution in [-0.4, -0.2) is 27.7 Å². The van der Waals surface area contributed by atoms with E-state index < -0.39 is 11.8 Å². The van der Waals surface area contributed by atoms with Crippen LogP contribution in [0.15, 0.2) is 77.7 Å². The second-order valence-corrected chi connectivity index (χ2v) is 8.94. The number of hydrogen-bond donors (Lipinski definition) is 0. The number of nitrogens with zero attached hydrogens (tertiary/aromatic N) is 1. The zero-order chi connectivity index (χ0) is 24.1. The highest BCUT2D eigenvalue weighted by Crippen LogP contribution is 2.36. The first-order chi connectivity index (χ1) is 16.5. The summed E-state index contributed by atoms with van der Waals surface area (Å²) < 4.78 is 25.4. The van der Waals surface area contributed by atoms with Crippen molar-refractivity contribution < 1.29 is 23.5 Å². The molecule has 172 valence electrons. The minimum Gasteiger partial charge on any atom is -0.490 e. The second-order valence-electron chi connectivity index (χ2n) is 7.26. The molecule has 1 fully saturated rings. The molecule has 0 atom stereocenters. The topological polar surface area (TPSA) is 55.8 Å². The van der Waals surface area contributed by atoms with Gasteiger partial charge in [-0.15, -0.1) is 0 Å². The van der Waals surface area contributed by atoms with Crippen molar-refractivity contribution in [2.45, 2.75) is 13.5 Å². The minimum atomic E-state index is -0.825. The third kappa shape index (κ3) is 5.35. The highest BCUT2D eigenvalue weighted by atomic mass is 32.2. The molecule has 0 N–H and O–H groups in total. The fourth-order valence-corrected chi connectivity index (χ4v) is 4.56. The molecule has 0 spiro atoms. The summed E-state index contributed by atoms with van der Waals surface area (Å²) in [5.41, 5.74) is 1.49.